The van der Waals surface area contributed by atoms with Gasteiger partial charge in [-0.05, 0) is 12.1 Å². The molecule has 0 saturated heterocycles. The molecule has 0 aliphatic heterocycles. The average molecular weight is 261 g/mol. The fourth-order valence-corrected chi connectivity index (χ4v) is 1.54. The Morgan fingerprint density at radius 3 is 3.16 bits per heavy atom. The fraction of sp³-hybridized carbons (Fsp3) is 0.250. The number of nitrogens with zero attached hydrogens (tertiary/aromatic N) is 3. The van der Waals surface area contributed by atoms with Gasteiger partial charge in [0.25, 0.3) is 5.91 Å². The number of aromatic nitrogens is 3. The summed E-state index contributed by atoms with van der Waals surface area (Å²) in [5.74, 6) is -0.108. The lowest BCUT2D eigenvalue weighted by Crippen LogP contribution is -2.14. The summed E-state index contributed by atoms with van der Waals surface area (Å²) in [7, 11) is 1.62. The molecule has 7 heteroatoms. The standard InChI is InChI=1S/C12H15N5O2/c1-19-6-5-17-8-9(7-15-17)16-12(18)10-3-2-4-14-11(10)13/h2-4,7-8H,5-6H2,1H3,(H2,13,14)(H,16,18). The molecule has 0 saturated carbocycles. The lowest BCUT2D eigenvalue weighted by Gasteiger charge is -2.04. The Hall–Kier alpha value is -2.41. The minimum absolute atomic E-state index is 0.201. The maximum Gasteiger partial charge on any atom is 0.259 e. The van der Waals surface area contributed by atoms with E-state index in [1.165, 1.54) is 6.20 Å². The summed E-state index contributed by atoms with van der Waals surface area (Å²) in [6.07, 6.45) is 4.83. The highest BCUT2D eigenvalue weighted by Crippen LogP contribution is 2.11. The van der Waals surface area contributed by atoms with E-state index in [1.54, 1.807) is 36.3 Å². The summed E-state index contributed by atoms with van der Waals surface area (Å²) in [6.45, 7) is 1.19. The van der Waals surface area contributed by atoms with Gasteiger partial charge < -0.3 is 15.8 Å². The fourth-order valence-electron chi connectivity index (χ4n) is 1.54. The Balaban J connectivity index is 2.03. The molecule has 3 N–H and O–H groups in total. The molecule has 19 heavy (non-hydrogen) atoms. The first kappa shape index (κ1) is 13.0. The van der Waals surface area contributed by atoms with Crippen molar-refractivity contribution in [3.63, 3.8) is 0 Å². The van der Waals surface area contributed by atoms with Crippen molar-refractivity contribution >= 4 is 17.4 Å². The van der Waals surface area contributed by atoms with Gasteiger partial charge >= 0.3 is 0 Å². The van der Waals surface area contributed by atoms with Gasteiger partial charge in [-0.3, -0.25) is 9.48 Å². The third kappa shape index (κ3) is 3.29. The lowest BCUT2D eigenvalue weighted by molar-refractivity contribution is 0.102. The van der Waals surface area contributed by atoms with Crippen molar-refractivity contribution in [2.45, 2.75) is 6.54 Å². The van der Waals surface area contributed by atoms with Crippen LogP contribution in [0.25, 0.3) is 0 Å². The van der Waals surface area contributed by atoms with Crippen molar-refractivity contribution in [3.05, 3.63) is 36.3 Å². The maximum absolute atomic E-state index is 12.0. The summed E-state index contributed by atoms with van der Waals surface area (Å²) in [6, 6.07) is 3.28. The van der Waals surface area contributed by atoms with Gasteiger partial charge in [-0.25, -0.2) is 4.98 Å². The van der Waals surface area contributed by atoms with E-state index in [4.69, 9.17) is 10.5 Å². The molecule has 0 aromatic carbocycles. The zero-order valence-corrected chi connectivity index (χ0v) is 10.5. The molecule has 2 aromatic rings. The number of hydrogen-bond acceptors (Lipinski definition) is 5. The average Bonchev–Trinajstić information content (AvgIpc) is 2.84. The maximum atomic E-state index is 12.0. The number of nitrogen functional groups attached to an aromatic ring is 1. The number of pyridine rings is 1. The number of carbonyl (C=O) groups is 1. The second kappa shape index (κ2) is 5.96. The number of carbonyl (C=O) groups excluding carboxylic acids is 1. The van der Waals surface area contributed by atoms with Crippen molar-refractivity contribution in [2.75, 3.05) is 24.8 Å². The molecule has 0 aliphatic rings. The molecule has 0 atom stereocenters. The van der Waals surface area contributed by atoms with Crippen LogP contribution in [0, 0.1) is 0 Å². The molecule has 0 radical (unpaired) electrons. The Morgan fingerprint density at radius 2 is 2.42 bits per heavy atom. The number of nitrogens with one attached hydrogen (secondary N) is 1. The van der Waals surface area contributed by atoms with Crippen LogP contribution in [0.5, 0.6) is 0 Å². The highest BCUT2D eigenvalue weighted by Gasteiger charge is 2.11. The molecule has 1 amide bonds. The van der Waals surface area contributed by atoms with E-state index in [9.17, 15) is 4.79 Å². The molecule has 0 aliphatic carbocycles. The Labute approximate surface area is 110 Å². The zero-order chi connectivity index (χ0) is 13.7. The monoisotopic (exact) mass is 261 g/mol. The number of hydrogen-bond donors (Lipinski definition) is 2. The lowest BCUT2D eigenvalue weighted by atomic mass is 10.2. The summed E-state index contributed by atoms with van der Waals surface area (Å²) in [5.41, 5.74) is 6.58. The van der Waals surface area contributed by atoms with E-state index in [0.717, 1.165) is 0 Å². The Kier molecular flexibility index (Phi) is 4.09. The number of ether oxygens (including phenoxy) is 1. The van der Waals surface area contributed by atoms with E-state index in [0.29, 0.717) is 24.4 Å². The predicted molar refractivity (Wildman–Crippen MR) is 70.7 cm³/mol. The van der Waals surface area contributed by atoms with Crippen LogP contribution in [-0.4, -0.2) is 34.4 Å². The molecule has 0 bridgehead atoms. The van der Waals surface area contributed by atoms with Gasteiger partial charge in [-0.2, -0.15) is 5.10 Å². The SMILES string of the molecule is COCCn1cc(NC(=O)c2cccnc2N)cn1. The first-order chi connectivity index (χ1) is 9.20. The molecule has 0 spiro atoms. The first-order valence-electron chi connectivity index (χ1n) is 5.74. The van der Waals surface area contributed by atoms with E-state index in [-0.39, 0.29) is 11.7 Å². The van der Waals surface area contributed by atoms with Crippen LogP contribution in [-0.2, 0) is 11.3 Å². The van der Waals surface area contributed by atoms with Crippen LogP contribution in [0.3, 0.4) is 0 Å². The van der Waals surface area contributed by atoms with Crippen molar-refractivity contribution in [3.8, 4) is 0 Å². The molecule has 2 rings (SSSR count). The normalized spacial score (nSPS) is 10.4. The molecule has 2 aromatic heterocycles. The number of nitrogens with two attached hydrogens (primary N) is 1. The topological polar surface area (TPSA) is 95.1 Å². The quantitative estimate of drug-likeness (QED) is 0.828. The van der Waals surface area contributed by atoms with Crippen LogP contribution in [0.2, 0.25) is 0 Å². The van der Waals surface area contributed by atoms with Crippen LogP contribution < -0.4 is 11.1 Å². The van der Waals surface area contributed by atoms with Gasteiger partial charge in [-0.1, -0.05) is 0 Å². The number of amides is 1. The number of rotatable bonds is 5. The van der Waals surface area contributed by atoms with E-state index >= 15 is 0 Å². The second-order valence-electron chi connectivity index (χ2n) is 3.88. The van der Waals surface area contributed by atoms with Crippen LogP contribution in [0.15, 0.2) is 30.7 Å². The van der Waals surface area contributed by atoms with Crippen molar-refractivity contribution in [1.82, 2.24) is 14.8 Å². The minimum atomic E-state index is -0.308. The van der Waals surface area contributed by atoms with Crippen LogP contribution >= 0.6 is 0 Å². The van der Waals surface area contributed by atoms with Crippen LogP contribution in [0.1, 0.15) is 10.4 Å². The van der Waals surface area contributed by atoms with Crippen molar-refractivity contribution in [2.24, 2.45) is 0 Å². The van der Waals surface area contributed by atoms with Crippen molar-refractivity contribution in [1.29, 1.82) is 0 Å². The second-order valence-corrected chi connectivity index (χ2v) is 3.88. The molecule has 7 nitrogen and oxygen atoms in total. The van der Waals surface area contributed by atoms with E-state index in [2.05, 4.69) is 15.4 Å². The predicted octanol–water partition coefficient (Wildman–Crippen LogP) is 0.759. The number of methoxy groups -OCH3 is 1. The molecule has 0 fully saturated rings. The molecular formula is C12H15N5O2. The van der Waals surface area contributed by atoms with E-state index < -0.39 is 0 Å². The van der Waals surface area contributed by atoms with Gasteiger partial charge in [0.15, 0.2) is 0 Å². The zero-order valence-electron chi connectivity index (χ0n) is 10.5. The molecule has 100 valence electrons. The third-order valence-electron chi connectivity index (χ3n) is 2.50. The first-order valence-corrected chi connectivity index (χ1v) is 5.74. The highest BCUT2D eigenvalue weighted by atomic mass is 16.5. The molecule has 2 heterocycles. The summed E-state index contributed by atoms with van der Waals surface area (Å²) in [5, 5.41) is 6.81. The highest BCUT2D eigenvalue weighted by molar-refractivity contribution is 6.06. The van der Waals surface area contributed by atoms with E-state index in [1.807, 2.05) is 0 Å². The van der Waals surface area contributed by atoms with Gasteiger partial charge in [0, 0.05) is 19.5 Å². The summed E-state index contributed by atoms with van der Waals surface area (Å²) in [4.78, 5) is 15.8. The van der Waals surface area contributed by atoms with Gasteiger partial charge in [0.2, 0.25) is 0 Å². The van der Waals surface area contributed by atoms with Gasteiger partial charge in [0.1, 0.15) is 5.82 Å². The smallest absolute Gasteiger partial charge is 0.259 e. The minimum Gasteiger partial charge on any atom is -0.383 e. The molecular weight excluding hydrogens is 246 g/mol. The molecule has 0 unspecified atom stereocenters. The van der Waals surface area contributed by atoms with Gasteiger partial charge in [-0.15, -0.1) is 0 Å². The van der Waals surface area contributed by atoms with Crippen LogP contribution in [0.4, 0.5) is 11.5 Å². The van der Waals surface area contributed by atoms with Crippen molar-refractivity contribution < 1.29 is 9.53 Å². The summed E-state index contributed by atoms with van der Waals surface area (Å²) < 4.78 is 6.63. The third-order valence-corrected chi connectivity index (χ3v) is 2.50. The Morgan fingerprint density at radius 1 is 1.58 bits per heavy atom. The summed E-state index contributed by atoms with van der Waals surface area (Å²) >= 11 is 0. The van der Waals surface area contributed by atoms with Gasteiger partial charge in [0.05, 0.1) is 30.6 Å². The largest absolute Gasteiger partial charge is 0.383 e. The number of anilines is 2. The Bertz CT molecular complexity index is 567.